The van der Waals surface area contributed by atoms with Crippen LogP contribution >= 0.6 is 0 Å². The van der Waals surface area contributed by atoms with Gasteiger partial charge in [-0.15, -0.1) is 0 Å². The zero-order chi connectivity index (χ0) is 15.5. The van der Waals surface area contributed by atoms with Crippen molar-refractivity contribution in [1.82, 2.24) is 14.6 Å². The van der Waals surface area contributed by atoms with Gasteiger partial charge in [-0.1, -0.05) is 0 Å². The Labute approximate surface area is 125 Å². The van der Waals surface area contributed by atoms with E-state index in [0.29, 0.717) is 13.1 Å². The van der Waals surface area contributed by atoms with E-state index in [-0.39, 0.29) is 23.7 Å². The molecule has 0 aromatic carbocycles. The average Bonchev–Trinajstić information content (AvgIpc) is 2.48. The van der Waals surface area contributed by atoms with Crippen LogP contribution in [-0.2, 0) is 10.0 Å². The molecule has 1 aromatic rings. The summed E-state index contributed by atoms with van der Waals surface area (Å²) >= 11 is 0. The lowest BCUT2D eigenvalue weighted by Gasteiger charge is -2.33. The molecule has 1 N–H and O–H groups in total. The molecule has 2 heterocycles. The minimum absolute atomic E-state index is 0.0185. The number of hydrogen-bond donors (Lipinski definition) is 1. The van der Waals surface area contributed by atoms with E-state index in [9.17, 15) is 12.8 Å². The molecule has 0 spiro atoms. The molecule has 1 atom stereocenters. The number of nitrogens with zero attached hydrogens (tertiary/aromatic N) is 2. The van der Waals surface area contributed by atoms with E-state index in [4.69, 9.17) is 0 Å². The Hall–Kier alpha value is -1.05. The van der Waals surface area contributed by atoms with Crippen LogP contribution in [0, 0.1) is 5.82 Å². The molecule has 1 fully saturated rings. The van der Waals surface area contributed by atoms with Crippen LogP contribution in [-0.4, -0.2) is 42.6 Å². The summed E-state index contributed by atoms with van der Waals surface area (Å²) in [6, 6.07) is 3.35. The van der Waals surface area contributed by atoms with Crippen molar-refractivity contribution < 1.29 is 12.8 Å². The fraction of sp³-hybridized carbons (Fsp3) is 0.643. The Morgan fingerprint density at radius 3 is 2.62 bits per heavy atom. The summed E-state index contributed by atoms with van der Waals surface area (Å²) in [4.78, 5) is 4.07. The molecule has 0 saturated carbocycles. The first-order valence-electron chi connectivity index (χ1n) is 7.27. The molecule has 118 valence electrons. The maximum absolute atomic E-state index is 12.9. The maximum atomic E-state index is 12.9. The highest BCUT2D eigenvalue weighted by Crippen LogP contribution is 2.18. The van der Waals surface area contributed by atoms with Crippen molar-refractivity contribution in [3.05, 3.63) is 29.8 Å². The van der Waals surface area contributed by atoms with E-state index >= 15 is 0 Å². The fourth-order valence-corrected chi connectivity index (χ4v) is 3.70. The molecule has 1 aliphatic heterocycles. The summed E-state index contributed by atoms with van der Waals surface area (Å²) < 4.78 is 38.0. The Morgan fingerprint density at radius 2 is 2.10 bits per heavy atom. The first-order valence-corrected chi connectivity index (χ1v) is 8.88. The van der Waals surface area contributed by atoms with Gasteiger partial charge in [-0.3, -0.25) is 4.98 Å². The predicted molar refractivity (Wildman–Crippen MR) is 79.8 cm³/mol. The average molecular weight is 315 g/mol. The summed E-state index contributed by atoms with van der Waals surface area (Å²) in [5.41, 5.74) is 0.792. The number of aromatic nitrogens is 1. The maximum Gasteiger partial charge on any atom is 0.213 e. The molecule has 0 radical (unpaired) electrons. The number of rotatable bonds is 5. The number of halogens is 1. The molecular weight excluding hydrogens is 293 g/mol. The summed E-state index contributed by atoms with van der Waals surface area (Å²) in [5, 5.41) is 3.44. The molecule has 0 aliphatic carbocycles. The van der Waals surface area contributed by atoms with Crippen molar-refractivity contribution in [2.75, 3.05) is 18.8 Å². The van der Waals surface area contributed by atoms with E-state index in [1.807, 2.05) is 6.92 Å². The third-order valence-corrected chi connectivity index (χ3v) is 5.77. The lowest BCUT2D eigenvalue weighted by Crippen LogP contribution is -2.45. The summed E-state index contributed by atoms with van der Waals surface area (Å²) in [5.74, 6) is -0.190. The molecular formula is C14H22FN3O2S. The van der Waals surface area contributed by atoms with Crippen LogP contribution in [0.25, 0.3) is 0 Å². The quantitative estimate of drug-likeness (QED) is 0.898. The second-order valence-electron chi connectivity index (χ2n) is 5.36. The molecule has 1 saturated heterocycles. The van der Waals surface area contributed by atoms with Gasteiger partial charge >= 0.3 is 0 Å². The van der Waals surface area contributed by atoms with Crippen molar-refractivity contribution in [2.24, 2.45) is 0 Å². The monoisotopic (exact) mass is 315 g/mol. The van der Waals surface area contributed by atoms with Gasteiger partial charge in [-0.25, -0.2) is 17.1 Å². The lowest BCUT2D eigenvalue weighted by molar-refractivity contribution is 0.276. The van der Waals surface area contributed by atoms with Crippen LogP contribution in [0.3, 0.4) is 0 Å². The minimum atomic E-state index is -3.08. The molecule has 1 unspecified atom stereocenters. The van der Waals surface area contributed by atoms with E-state index < -0.39 is 10.0 Å². The van der Waals surface area contributed by atoms with Gasteiger partial charge < -0.3 is 5.32 Å². The van der Waals surface area contributed by atoms with Gasteiger partial charge in [0.15, 0.2) is 0 Å². The van der Waals surface area contributed by atoms with E-state index in [0.717, 1.165) is 18.5 Å². The predicted octanol–water partition coefficient (Wildman–Crippen LogP) is 1.69. The Balaban J connectivity index is 1.87. The third-order valence-electron chi connectivity index (χ3n) is 3.89. The van der Waals surface area contributed by atoms with Crippen LogP contribution in [0.4, 0.5) is 4.39 Å². The van der Waals surface area contributed by atoms with Gasteiger partial charge in [-0.2, -0.15) is 0 Å². The molecule has 1 aromatic heterocycles. The molecule has 0 bridgehead atoms. The third kappa shape index (κ3) is 4.21. The molecule has 1 aliphatic rings. The van der Waals surface area contributed by atoms with Crippen LogP contribution in [0.2, 0.25) is 0 Å². The Morgan fingerprint density at radius 1 is 1.43 bits per heavy atom. The molecule has 7 heteroatoms. The van der Waals surface area contributed by atoms with E-state index in [2.05, 4.69) is 10.3 Å². The highest BCUT2D eigenvalue weighted by atomic mass is 32.2. The number of piperidine rings is 1. The largest absolute Gasteiger partial charge is 0.306 e. The summed E-state index contributed by atoms with van der Waals surface area (Å²) in [6.45, 7) is 4.76. The fourth-order valence-electron chi connectivity index (χ4n) is 2.57. The van der Waals surface area contributed by atoms with Gasteiger partial charge in [0.25, 0.3) is 0 Å². The van der Waals surface area contributed by atoms with Gasteiger partial charge in [0.1, 0.15) is 5.82 Å². The number of pyridine rings is 1. The summed E-state index contributed by atoms with van der Waals surface area (Å²) in [6.07, 6.45) is 2.78. The highest BCUT2D eigenvalue weighted by Gasteiger charge is 2.27. The number of hydrogen-bond acceptors (Lipinski definition) is 4. The molecule has 21 heavy (non-hydrogen) atoms. The first kappa shape index (κ1) is 16.3. The van der Waals surface area contributed by atoms with Crippen molar-refractivity contribution in [2.45, 2.75) is 38.8 Å². The standard InChI is InChI=1S/C14H22FN3O2S/c1-3-21(19,20)18-8-6-13(7-9-18)17-11(2)14-5-4-12(15)10-16-14/h4-5,10-11,13,17H,3,6-9H2,1-2H3. The van der Waals surface area contributed by atoms with Crippen molar-refractivity contribution >= 4 is 10.0 Å². The highest BCUT2D eigenvalue weighted by molar-refractivity contribution is 7.89. The topological polar surface area (TPSA) is 62.3 Å². The summed E-state index contributed by atoms with van der Waals surface area (Å²) in [7, 11) is -3.08. The van der Waals surface area contributed by atoms with E-state index in [1.54, 1.807) is 17.3 Å². The lowest BCUT2D eigenvalue weighted by atomic mass is 10.0. The smallest absolute Gasteiger partial charge is 0.213 e. The van der Waals surface area contributed by atoms with E-state index in [1.165, 1.54) is 12.3 Å². The SMILES string of the molecule is CCS(=O)(=O)N1CCC(NC(C)c2ccc(F)cn2)CC1. The van der Waals surface area contributed by atoms with Gasteiger partial charge in [0, 0.05) is 25.2 Å². The van der Waals surface area contributed by atoms with Gasteiger partial charge in [-0.05, 0) is 38.8 Å². The first-order chi connectivity index (χ1) is 9.92. The molecule has 0 amide bonds. The van der Waals surface area contributed by atoms with Crippen LogP contribution < -0.4 is 5.32 Å². The van der Waals surface area contributed by atoms with Crippen molar-refractivity contribution in [3.63, 3.8) is 0 Å². The van der Waals surface area contributed by atoms with Crippen molar-refractivity contribution in [1.29, 1.82) is 0 Å². The van der Waals surface area contributed by atoms with Crippen molar-refractivity contribution in [3.8, 4) is 0 Å². The molecule has 5 nitrogen and oxygen atoms in total. The zero-order valence-electron chi connectivity index (χ0n) is 12.4. The number of sulfonamides is 1. The normalized spacial score (nSPS) is 19.6. The number of nitrogens with one attached hydrogen (secondary N) is 1. The van der Waals surface area contributed by atoms with Crippen LogP contribution in [0.1, 0.15) is 38.4 Å². The zero-order valence-corrected chi connectivity index (χ0v) is 13.2. The second kappa shape index (κ2) is 6.81. The molecule has 2 rings (SSSR count). The van der Waals surface area contributed by atoms with Gasteiger partial charge in [0.2, 0.25) is 10.0 Å². The second-order valence-corrected chi connectivity index (χ2v) is 7.62. The van der Waals surface area contributed by atoms with Gasteiger partial charge in [0.05, 0.1) is 17.6 Å². The van der Waals surface area contributed by atoms with Crippen LogP contribution in [0.5, 0.6) is 0 Å². The van der Waals surface area contributed by atoms with Crippen LogP contribution in [0.15, 0.2) is 18.3 Å². The Bertz CT molecular complexity index is 554. The Kier molecular flexibility index (Phi) is 5.29. The minimum Gasteiger partial charge on any atom is -0.306 e.